The SMILES string of the molecule is Cc1c(C(=O)NC2C3CC4CC2CC(O)(C4)C3)cn(C)c1C(=O)c1ccccc1. The van der Waals surface area contributed by atoms with Gasteiger partial charge >= 0.3 is 0 Å². The Hall–Kier alpha value is -2.40. The molecule has 4 aliphatic carbocycles. The number of carbonyl (C=O) groups is 2. The van der Waals surface area contributed by atoms with Gasteiger partial charge in [0.15, 0.2) is 0 Å². The number of hydrogen-bond donors (Lipinski definition) is 2. The molecule has 2 atom stereocenters. The summed E-state index contributed by atoms with van der Waals surface area (Å²) in [4.78, 5) is 26.1. The summed E-state index contributed by atoms with van der Waals surface area (Å²) in [5, 5.41) is 14.1. The van der Waals surface area contributed by atoms with Gasteiger partial charge in [0.1, 0.15) is 0 Å². The van der Waals surface area contributed by atoms with Crippen molar-refractivity contribution in [3.63, 3.8) is 0 Å². The van der Waals surface area contributed by atoms with E-state index >= 15 is 0 Å². The van der Waals surface area contributed by atoms with Crippen LogP contribution < -0.4 is 5.32 Å². The predicted octanol–water partition coefficient (Wildman–Crippen LogP) is 3.23. The zero-order valence-corrected chi connectivity index (χ0v) is 17.0. The van der Waals surface area contributed by atoms with Crippen LogP contribution in [0.15, 0.2) is 36.5 Å². The second kappa shape index (κ2) is 6.56. The van der Waals surface area contributed by atoms with E-state index in [4.69, 9.17) is 0 Å². The molecule has 4 aliphatic rings. The van der Waals surface area contributed by atoms with Crippen LogP contribution in [0, 0.1) is 24.7 Å². The number of benzene rings is 1. The second-order valence-electron chi connectivity index (χ2n) is 9.52. The van der Waals surface area contributed by atoms with Gasteiger partial charge in [-0.1, -0.05) is 30.3 Å². The molecule has 0 aliphatic heterocycles. The fraction of sp³-hybridized carbons (Fsp3) is 0.500. The minimum absolute atomic E-state index is 0.0681. The normalized spacial score (nSPS) is 32.4. The molecule has 0 radical (unpaired) electrons. The maximum atomic E-state index is 13.2. The lowest BCUT2D eigenvalue weighted by Crippen LogP contribution is -2.61. The summed E-state index contributed by atoms with van der Waals surface area (Å²) in [6, 6.07) is 9.31. The van der Waals surface area contributed by atoms with Crippen LogP contribution in [0.1, 0.15) is 64.1 Å². The van der Waals surface area contributed by atoms with Crippen LogP contribution in [0.25, 0.3) is 0 Å². The van der Waals surface area contributed by atoms with Crippen molar-refractivity contribution in [3.8, 4) is 0 Å². The minimum atomic E-state index is -0.504. The topological polar surface area (TPSA) is 71.3 Å². The van der Waals surface area contributed by atoms with E-state index in [1.165, 1.54) is 0 Å². The molecule has 1 aromatic heterocycles. The summed E-state index contributed by atoms with van der Waals surface area (Å²) in [6.45, 7) is 1.85. The number of aliphatic hydroxyl groups is 1. The summed E-state index contributed by atoms with van der Waals surface area (Å²) in [6.07, 6.45) is 6.52. The molecule has 4 saturated carbocycles. The Kier molecular flexibility index (Phi) is 4.21. The third-order valence-electron chi connectivity index (χ3n) is 7.47. The molecule has 4 bridgehead atoms. The standard InChI is InChI=1S/C24H28N2O3/c1-14-19(13-26(2)21(14)22(27)16-6-4-3-5-7-16)23(28)25-20-17-8-15-9-18(20)12-24(29,10-15)11-17/h3-7,13,15,17-18,20,29H,8-12H2,1-2H3,(H,25,28). The molecule has 6 rings (SSSR count). The van der Waals surface area contributed by atoms with E-state index in [0.717, 1.165) is 37.7 Å². The highest BCUT2D eigenvalue weighted by atomic mass is 16.3. The van der Waals surface area contributed by atoms with E-state index in [0.29, 0.717) is 34.6 Å². The Morgan fingerprint density at radius 1 is 1.10 bits per heavy atom. The third-order valence-corrected chi connectivity index (χ3v) is 7.47. The van der Waals surface area contributed by atoms with Crippen molar-refractivity contribution in [2.24, 2.45) is 24.8 Å². The predicted molar refractivity (Wildman–Crippen MR) is 110 cm³/mol. The van der Waals surface area contributed by atoms with E-state index in [9.17, 15) is 14.7 Å². The molecule has 152 valence electrons. The fourth-order valence-electron chi connectivity index (χ4n) is 6.48. The van der Waals surface area contributed by atoms with Crippen molar-refractivity contribution in [1.82, 2.24) is 9.88 Å². The van der Waals surface area contributed by atoms with Crippen LogP contribution >= 0.6 is 0 Å². The van der Waals surface area contributed by atoms with Gasteiger partial charge in [-0.3, -0.25) is 9.59 Å². The van der Waals surface area contributed by atoms with Crippen molar-refractivity contribution in [1.29, 1.82) is 0 Å². The number of rotatable bonds is 4. The molecule has 1 heterocycles. The molecule has 2 aromatic rings. The van der Waals surface area contributed by atoms with Crippen molar-refractivity contribution in [3.05, 3.63) is 58.9 Å². The first-order chi connectivity index (χ1) is 13.8. The number of hydrogen-bond acceptors (Lipinski definition) is 3. The molecule has 2 N–H and O–H groups in total. The van der Waals surface area contributed by atoms with Gasteiger partial charge in [-0.25, -0.2) is 0 Å². The summed E-state index contributed by atoms with van der Waals surface area (Å²) in [5.41, 5.74) is 1.97. The lowest BCUT2D eigenvalue weighted by molar-refractivity contribution is -0.136. The first-order valence-corrected chi connectivity index (χ1v) is 10.6. The lowest BCUT2D eigenvalue weighted by atomic mass is 9.52. The molecule has 1 aromatic carbocycles. The number of aryl methyl sites for hydroxylation is 1. The van der Waals surface area contributed by atoms with Gasteiger partial charge < -0.3 is 15.0 Å². The van der Waals surface area contributed by atoms with Crippen molar-refractivity contribution in [2.45, 2.75) is 50.7 Å². The van der Waals surface area contributed by atoms with E-state index < -0.39 is 5.60 Å². The van der Waals surface area contributed by atoms with Gasteiger partial charge in [0.25, 0.3) is 5.91 Å². The molecule has 4 fully saturated rings. The zero-order chi connectivity index (χ0) is 20.3. The van der Waals surface area contributed by atoms with E-state index in [1.807, 2.05) is 32.2 Å². The van der Waals surface area contributed by atoms with Gasteiger partial charge in [-0.05, 0) is 62.3 Å². The number of nitrogens with one attached hydrogen (secondary N) is 1. The van der Waals surface area contributed by atoms with Crippen molar-refractivity contribution >= 4 is 11.7 Å². The van der Waals surface area contributed by atoms with Crippen LogP contribution in [-0.2, 0) is 7.05 Å². The van der Waals surface area contributed by atoms with Gasteiger partial charge in [-0.15, -0.1) is 0 Å². The van der Waals surface area contributed by atoms with E-state index in [1.54, 1.807) is 22.9 Å². The average molecular weight is 392 g/mol. The number of nitrogens with zero attached hydrogens (tertiary/aromatic N) is 1. The molecular weight excluding hydrogens is 364 g/mol. The number of carbonyl (C=O) groups excluding carboxylic acids is 2. The van der Waals surface area contributed by atoms with Gasteiger partial charge in [-0.2, -0.15) is 0 Å². The van der Waals surface area contributed by atoms with Crippen molar-refractivity contribution in [2.75, 3.05) is 0 Å². The van der Waals surface area contributed by atoms with Crippen LogP contribution in [0.2, 0.25) is 0 Å². The highest BCUT2D eigenvalue weighted by molar-refractivity contribution is 6.11. The maximum absolute atomic E-state index is 13.2. The summed E-state index contributed by atoms with van der Waals surface area (Å²) < 4.78 is 1.76. The molecule has 0 spiro atoms. The Morgan fingerprint density at radius 2 is 1.76 bits per heavy atom. The Morgan fingerprint density at radius 3 is 2.38 bits per heavy atom. The van der Waals surface area contributed by atoms with Gasteiger partial charge in [0.2, 0.25) is 5.78 Å². The first kappa shape index (κ1) is 18.6. The van der Waals surface area contributed by atoms with Crippen LogP contribution in [-0.4, -0.2) is 33.0 Å². The number of ketones is 1. The molecule has 0 saturated heterocycles. The third kappa shape index (κ3) is 3.03. The molecule has 1 amide bonds. The molecule has 5 heteroatoms. The lowest BCUT2D eigenvalue weighted by Gasteiger charge is -2.58. The smallest absolute Gasteiger partial charge is 0.253 e. The molecule has 2 unspecified atom stereocenters. The highest BCUT2D eigenvalue weighted by Crippen LogP contribution is 2.55. The maximum Gasteiger partial charge on any atom is 0.253 e. The zero-order valence-electron chi connectivity index (χ0n) is 17.0. The van der Waals surface area contributed by atoms with Crippen LogP contribution in [0.5, 0.6) is 0 Å². The Labute approximate surface area is 171 Å². The van der Waals surface area contributed by atoms with E-state index in [2.05, 4.69) is 5.32 Å². The molecule has 5 nitrogen and oxygen atoms in total. The second-order valence-corrected chi connectivity index (χ2v) is 9.52. The number of amides is 1. The quantitative estimate of drug-likeness (QED) is 0.785. The average Bonchev–Trinajstić information content (AvgIpc) is 2.97. The van der Waals surface area contributed by atoms with Crippen LogP contribution in [0.3, 0.4) is 0 Å². The van der Waals surface area contributed by atoms with Crippen LogP contribution in [0.4, 0.5) is 0 Å². The Bertz CT molecular complexity index is 962. The minimum Gasteiger partial charge on any atom is -0.390 e. The fourth-order valence-corrected chi connectivity index (χ4v) is 6.48. The number of aromatic nitrogens is 1. The van der Waals surface area contributed by atoms with Gasteiger partial charge in [0, 0.05) is 24.8 Å². The largest absolute Gasteiger partial charge is 0.390 e. The van der Waals surface area contributed by atoms with E-state index in [-0.39, 0.29) is 17.7 Å². The van der Waals surface area contributed by atoms with Crippen molar-refractivity contribution < 1.29 is 14.7 Å². The summed E-state index contributed by atoms with van der Waals surface area (Å²) in [7, 11) is 1.82. The van der Waals surface area contributed by atoms with Gasteiger partial charge in [0.05, 0.1) is 16.9 Å². The monoisotopic (exact) mass is 392 g/mol. The summed E-state index contributed by atoms with van der Waals surface area (Å²) >= 11 is 0. The highest BCUT2D eigenvalue weighted by Gasteiger charge is 2.55. The molecule has 29 heavy (non-hydrogen) atoms. The Balaban J connectivity index is 1.38. The molecular formula is C24H28N2O3. The summed E-state index contributed by atoms with van der Waals surface area (Å²) in [5.74, 6) is 1.17. The first-order valence-electron chi connectivity index (χ1n) is 10.6.